The molecule has 2 heterocycles. The zero-order chi connectivity index (χ0) is 16.4. The van der Waals surface area contributed by atoms with Gasteiger partial charge in [0, 0.05) is 35.6 Å². The number of likely N-dealkylation sites (tertiary alicyclic amines) is 1. The molecular weight excluding hydrogens is 288 g/mol. The SMILES string of the molecule is C=CCOC(=O)N1CCC(c2[nH]c3ccc(C)cc3c2C)CC1. The molecule has 0 saturated carbocycles. The zero-order valence-electron chi connectivity index (χ0n) is 13.9. The van der Waals surface area contributed by atoms with Gasteiger partial charge in [0.15, 0.2) is 0 Å². The molecule has 3 rings (SSSR count). The van der Waals surface area contributed by atoms with Crippen molar-refractivity contribution in [2.75, 3.05) is 19.7 Å². The van der Waals surface area contributed by atoms with E-state index in [-0.39, 0.29) is 12.7 Å². The van der Waals surface area contributed by atoms with E-state index in [4.69, 9.17) is 4.74 Å². The lowest BCUT2D eigenvalue weighted by molar-refractivity contribution is 0.102. The quantitative estimate of drug-likeness (QED) is 0.859. The topological polar surface area (TPSA) is 45.3 Å². The Morgan fingerprint density at radius 2 is 2.13 bits per heavy atom. The van der Waals surface area contributed by atoms with Gasteiger partial charge < -0.3 is 14.6 Å². The van der Waals surface area contributed by atoms with E-state index in [0.717, 1.165) is 25.9 Å². The van der Waals surface area contributed by atoms with Crippen LogP contribution in [0.2, 0.25) is 0 Å². The lowest BCUT2D eigenvalue weighted by Gasteiger charge is -2.31. The molecular formula is C19H24N2O2. The second kappa shape index (κ2) is 6.49. The fourth-order valence-electron chi connectivity index (χ4n) is 3.44. The molecule has 1 aliphatic heterocycles. The molecule has 1 fully saturated rings. The van der Waals surface area contributed by atoms with Gasteiger partial charge in [0.05, 0.1) is 0 Å². The highest BCUT2D eigenvalue weighted by molar-refractivity contribution is 5.85. The van der Waals surface area contributed by atoms with Crippen molar-refractivity contribution in [2.45, 2.75) is 32.6 Å². The largest absolute Gasteiger partial charge is 0.445 e. The smallest absolute Gasteiger partial charge is 0.410 e. The molecule has 2 aromatic rings. The van der Waals surface area contributed by atoms with Crippen LogP contribution < -0.4 is 0 Å². The molecule has 0 bridgehead atoms. The van der Waals surface area contributed by atoms with E-state index in [2.05, 4.69) is 43.6 Å². The summed E-state index contributed by atoms with van der Waals surface area (Å²) in [7, 11) is 0. The van der Waals surface area contributed by atoms with Crippen molar-refractivity contribution in [3.05, 3.63) is 47.7 Å². The van der Waals surface area contributed by atoms with E-state index in [9.17, 15) is 4.79 Å². The summed E-state index contributed by atoms with van der Waals surface area (Å²) >= 11 is 0. The van der Waals surface area contributed by atoms with Crippen LogP contribution in [0.3, 0.4) is 0 Å². The minimum absolute atomic E-state index is 0.229. The number of H-pyrrole nitrogens is 1. The van der Waals surface area contributed by atoms with Crippen LogP contribution in [0.4, 0.5) is 4.79 Å². The number of aromatic amines is 1. The minimum atomic E-state index is -0.229. The molecule has 1 amide bonds. The normalized spacial score (nSPS) is 15.8. The number of nitrogens with zero attached hydrogens (tertiary/aromatic N) is 1. The number of amides is 1. The molecule has 1 saturated heterocycles. The number of carbonyl (C=O) groups is 1. The third kappa shape index (κ3) is 3.11. The van der Waals surface area contributed by atoms with Crippen LogP contribution in [-0.2, 0) is 4.74 Å². The van der Waals surface area contributed by atoms with Gasteiger partial charge >= 0.3 is 6.09 Å². The molecule has 4 heteroatoms. The molecule has 1 N–H and O–H groups in total. The van der Waals surface area contributed by atoms with Crippen molar-refractivity contribution >= 4 is 17.0 Å². The van der Waals surface area contributed by atoms with E-state index in [1.165, 1.54) is 27.7 Å². The number of carbonyl (C=O) groups excluding carboxylic acids is 1. The van der Waals surface area contributed by atoms with Gasteiger partial charge in [-0.05, 0) is 44.4 Å². The summed E-state index contributed by atoms with van der Waals surface area (Å²) in [5.41, 5.74) is 5.16. The Morgan fingerprint density at radius 1 is 1.39 bits per heavy atom. The van der Waals surface area contributed by atoms with E-state index < -0.39 is 0 Å². The molecule has 1 aliphatic rings. The lowest BCUT2D eigenvalue weighted by atomic mass is 9.91. The Hall–Kier alpha value is -2.23. The van der Waals surface area contributed by atoms with Crippen molar-refractivity contribution in [1.29, 1.82) is 0 Å². The number of aryl methyl sites for hydroxylation is 2. The third-order valence-corrected chi connectivity index (χ3v) is 4.74. The number of rotatable bonds is 3. The van der Waals surface area contributed by atoms with Gasteiger partial charge in [-0.25, -0.2) is 4.79 Å². The average Bonchev–Trinajstić information content (AvgIpc) is 2.89. The third-order valence-electron chi connectivity index (χ3n) is 4.74. The van der Waals surface area contributed by atoms with Gasteiger partial charge in [-0.1, -0.05) is 24.3 Å². The Bertz CT molecular complexity index is 724. The first-order valence-electron chi connectivity index (χ1n) is 8.21. The van der Waals surface area contributed by atoms with Gasteiger partial charge in [0.2, 0.25) is 0 Å². The first-order valence-corrected chi connectivity index (χ1v) is 8.21. The average molecular weight is 312 g/mol. The number of ether oxygens (including phenoxy) is 1. The highest BCUT2D eigenvalue weighted by Gasteiger charge is 2.26. The van der Waals surface area contributed by atoms with Crippen molar-refractivity contribution in [1.82, 2.24) is 9.88 Å². The predicted octanol–water partition coefficient (Wildman–Crippen LogP) is 4.29. The first kappa shape index (κ1) is 15.7. The van der Waals surface area contributed by atoms with Crippen molar-refractivity contribution in [3.8, 4) is 0 Å². The zero-order valence-corrected chi connectivity index (χ0v) is 13.9. The number of benzene rings is 1. The maximum Gasteiger partial charge on any atom is 0.410 e. The fourth-order valence-corrected chi connectivity index (χ4v) is 3.44. The Balaban J connectivity index is 1.71. The van der Waals surface area contributed by atoms with Gasteiger partial charge in [0.25, 0.3) is 0 Å². The fraction of sp³-hybridized carbons (Fsp3) is 0.421. The van der Waals surface area contributed by atoms with Crippen LogP contribution in [0.1, 0.15) is 35.6 Å². The first-order chi connectivity index (χ1) is 11.1. The van der Waals surface area contributed by atoms with Crippen LogP contribution in [0, 0.1) is 13.8 Å². The summed E-state index contributed by atoms with van der Waals surface area (Å²) in [5.74, 6) is 0.478. The number of hydrogen-bond donors (Lipinski definition) is 1. The Kier molecular flexibility index (Phi) is 4.42. The van der Waals surface area contributed by atoms with Crippen LogP contribution in [-0.4, -0.2) is 35.7 Å². The molecule has 1 aromatic heterocycles. The van der Waals surface area contributed by atoms with E-state index in [1.807, 2.05) is 0 Å². The number of fused-ring (bicyclic) bond motifs is 1. The number of piperidine rings is 1. The second-order valence-corrected chi connectivity index (χ2v) is 6.34. The van der Waals surface area contributed by atoms with Crippen molar-refractivity contribution in [3.63, 3.8) is 0 Å². The molecule has 0 radical (unpaired) electrons. The highest BCUT2D eigenvalue weighted by atomic mass is 16.6. The van der Waals surface area contributed by atoms with E-state index in [0.29, 0.717) is 5.92 Å². The summed E-state index contributed by atoms with van der Waals surface area (Å²) in [6.45, 7) is 9.65. The molecule has 0 spiro atoms. The number of hydrogen-bond acceptors (Lipinski definition) is 2. The van der Waals surface area contributed by atoms with Gasteiger partial charge in [-0.2, -0.15) is 0 Å². The summed E-state index contributed by atoms with van der Waals surface area (Å²) < 4.78 is 5.12. The summed E-state index contributed by atoms with van der Waals surface area (Å²) in [6.07, 6.45) is 3.30. The molecule has 0 unspecified atom stereocenters. The Morgan fingerprint density at radius 3 is 2.83 bits per heavy atom. The van der Waals surface area contributed by atoms with Crippen LogP contribution >= 0.6 is 0 Å². The monoisotopic (exact) mass is 312 g/mol. The van der Waals surface area contributed by atoms with E-state index >= 15 is 0 Å². The van der Waals surface area contributed by atoms with Crippen LogP contribution in [0.25, 0.3) is 10.9 Å². The molecule has 122 valence electrons. The lowest BCUT2D eigenvalue weighted by Crippen LogP contribution is -2.38. The van der Waals surface area contributed by atoms with E-state index in [1.54, 1.807) is 11.0 Å². The highest BCUT2D eigenvalue weighted by Crippen LogP contribution is 2.33. The minimum Gasteiger partial charge on any atom is -0.445 e. The summed E-state index contributed by atoms with van der Waals surface area (Å²) in [6, 6.07) is 6.54. The summed E-state index contributed by atoms with van der Waals surface area (Å²) in [4.78, 5) is 17.3. The Labute approximate surface area is 137 Å². The standard InChI is InChI=1S/C19H24N2O2/c1-4-11-23-19(22)21-9-7-15(8-10-21)18-14(3)16-12-13(2)5-6-17(16)20-18/h4-6,12,15,20H,1,7-11H2,2-3H3. The molecule has 1 aromatic carbocycles. The van der Waals surface area contributed by atoms with Gasteiger partial charge in [0.1, 0.15) is 6.61 Å². The predicted molar refractivity (Wildman–Crippen MR) is 92.9 cm³/mol. The number of aromatic nitrogens is 1. The van der Waals surface area contributed by atoms with Gasteiger partial charge in [-0.15, -0.1) is 0 Å². The van der Waals surface area contributed by atoms with Crippen LogP contribution in [0.5, 0.6) is 0 Å². The van der Waals surface area contributed by atoms with Crippen molar-refractivity contribution in [2.24, 2.45) is 0 Å². The van der Waals surface area contributed by atoms with Crippen molar-refractivity contribution < 1.29 is 9.53 Å². The maximum absolute atomic E-state index is 11.9. The number of nitrogens with one attached hydrogen (secondary N) is 1. The second-order valence-electron chi connectivity index (χ2n) is 6.34. The maximum atomic E-state index is 11.9. The van der Waals surface area contributed by atoms with Gasteiger partial charge in [-0.3, -0.25) is 0 Å². The molecule has 4 nitrogen and oxygen atoms in total. The molecule has 0 aliphatic carbocycles. The summed E-state index contributed by atoms with van der Waals surface area (Å²) in [5, 5.41) is 1.31. The molecule has 23 heavy (non-hydrogen) atoms. The molecule has 0 atom stereocenters. The van der Waals surface area contributed by atoms with Crippen LogP contribution in [0.15, 0.2) is 30.9 Å².